The van der Waals surface area contributed by atoms with Crippen molar-refractivity contribution in [2.24, 2.45) is 10.9 Å². The quantitative estimate of drug-likeness (QED) is 0.235. The summed E-state index contributed by atoms with van der Waals surface area (Å²) in [5.74, 6) is 3.52. The minimum atomic E-state index is -1.10. The summed E-state index contributed by atoms with van der Waals surface area (Å²) in [7, 11) is 1.43. The molecule has 0 aliphatic carbocycles. The lowest BCUT2D eigenvalue weighted by Crippen LogP contribution is -2.44. The first-order valence-electron chi connectivity index (χ1n) is 8.56. The number of carbonyl (C=O) groups excluding carboxylic acids is 2. The Balaban J connectivity index is 2.08. The molecule has 4 N–H and O–H groups in total. The molecule has 152 valence electrons. The van der Waals surface area contributed by atoms with Crippen molar-refractivity contribution in [3.05, 3.63) is 65.2 Å². The highest BCUT2D eigenvalue weighted by atomic mass is 16.5. The third-order valence-electron chi connectivity index (χ3n) is 3.85. The van der Waals surface area contributed by atoms with Gasteiger partial charge in [0.25, 0.3) is 5.91 Å². The second-order valence-electron chi connectivity index (χ2n) is 5.95. The summed E-state index contributed by atoms with van der Waals surface area (Å²) in [6.45, 7) is -0.495. The summed E-state index contributed by atoms with van der Waals surface area (Å²) in [6.07, 6.45) is 1.45. The second-order valence-corrected chi connectivity index (χ2v) is 5.95. The average Bonchev–Trinajstić information content (AvgIpc) is 2.72. The summed E-state index contributed by atoms with van der Waals surface area (Å²) in [6, 6.07) is 11.6. The Bertz CT molecular complexity index is 878. The zero-order valence-electron chi connectivity index (χ0n) is 15.7. The Kier molecular flexibility index (Phi) is 7.87. The molecule has 9 nitrogen and oxygen atoms in total. The summed E-state index contributed by atoms with van der Waals surface area (Å²) < 4.78 is 10.1. The maximum absolute atomic E-state index is 12.8. The molecule has 0 heterocycles. The summed E-state index contributed by atoms with van der Waals surface area (Å²) >= 11 is 0. The molecule has 0 saturated carbocycles. The number of hydrogen-bond donors (Lipinski definition) is 3. The number of ketones is 1. The van der Waals surface area contributed by atoms with Gasteiger partial charge in [0.05, 0.1) is 12.8 Å². The van der Waals surface area contributed by atoms with Gasteiger partial charge in [-0.15, -0.1) is 0 Å². The van der Waals surface area contributed by atoms with E-state index in [-0.39, 0.29) is 12.4 Å². The minimum Gasteiger partial charge on any atom is -0.482 e. The molecule has 2 rings (SSSR count). The number of amides is 1. The number of Topliss-reactive ketones (excluding diaryl/α,β-unsaturated/α-hetero) is 1. The number of nitrogens with one attached hydrogen (secondary N) is 1. The van der Waals surface area contributed by atoms with Gasteiger partial charge in [-0.05, 0) is 42.0 Å². The third-order valence-corrected chi connectivity index (χ3v) is 3.85. The predicted molar refractivity (Wildman–Crippen MR) is 105 cm³/mol. The van der Waals surface area contributed by atoms with Crippen molar-refractivity contribution in [1.82, 2.24) is 5.32 Å². The molecule has 2 aromatic rings. The zero-order valence-corrected chi connectivity index (χ0v) is 15.7. The number of carbonyl (C=O) groups is 3. The fourth-order valence-electron chi connectivity index (χ4n) is 2.46. The van der Waals surface area contributed by atoms with E-state index in [2.05, 4.69) is 10.4 Å². The number of hydrogen-bond acceptors (Lipinski definition) is 7. The molecule has 2 aromatic carbocycles. The molecular formula is C20H21N3O6. The molecule has 0 fully saturated rings. The second kappa shape index (κ2) is 10.6. The molecule has 0 bridgehead atoms. The molecule has 9 heteroatoms. The van der Waals surface area contributed by atoms with Crippen LogP contribution in [0.1, 0.15) is 26.3 Å². The Hall–Kier alpha value is -3.72. The van der Waals surface area contributed by atoms with Crippen LogP contribution in [0.4, 0.5) is 0 Å². The first kappa shape index (κ1) is 21.6. The van der Waals surface area contributed by atoms with E-state index >= 15 is 0 Å². The molecule has 1 amide bonds. The molecule has 0 saturated heterocycles. The lowest BCUT2D eigenvalue weighted by Gasteiger charge is -2.17. The van der Waals surface area contributed by atoms with Crippen molar-refractivity contribution in [2.75, 3.05) is 20.3 Å². The summed E-state index contributed by atoms with van der Waals surface area (Å²) in [5.41, 5.74) is 1.42. The number of methoxy groups -OCH3 is 1. The summed E-state index contributed by atoms with van der Waals surface area (Å²) in [5, 5.41) is 14.7. The Morgan fingerprint density at radius 2 is 1.72 bits per heavy atom. The van der Waals surface area contributed by atoms with Gasteiger partial charge in [0.2, 0.25) is 0 Å². The fraction of sp³-hybridized carbons (Fsp3) is 0.200. The number of nitrogens with two attached hydrogens (primary N) is 1. The van der Waals surface area contributed by atoms with Gasteiger partial charge >= 0.3 is 5.97 Å². The molecular weight excluding hydrogens is 378 g/mol. The highest BCUT2D eigenvalue weighted by molar-refractivity contribution is 6.04. The van der Waals surface area contributed by atoms with E-state index in [1.165, 1.54) is 37.6 Å². The lowest BCUT2D eigenvalue weighted by atomic mass is 10.0. The first-order valence-corrected chi connectivity index (χ1v) is 8.56. The van der Waals surface area contributed by atoms with Gasteiger partial charge < -0.3 is 25.7 Å². The normalized spacial score (nSPS) is 11.8. The minimum absolute atomic E-state index is 0.0141. The SMILES string of the molecule is COC[C@H](NC(=O)c1ccc(C=NN)cc1)C(=O)c1ccc(OCC(=O)O)cc1. The van der Waals surface area contributed by atoms with Crippen LogP contribution in [0, 0.1) is 0 Å². The van der Waals surface area contributed by atoms with E-state index < -0.39 is 24.5 Å². The monoisotopic (exact) mass is 399 g/mol. The number of hydrazone groups is 1. The average molecular weight is 399 g/mol. The van der Waals surface area contributed by atoms with Crippen molar-refractivity contribution < 1.29 is 29.0 Å². The number of ether oxygens (including phenoxy) is 2. The van der Waals surface area contributed by atoms with Crippen LogP contribution in [0.15, 0.2) is 53.6 Å². The number of benzene rings is 2. The van der Waals surface area contributed by atoms with Gasteiger partial charge in [-0.3, -0.25) is 9.59 Å². The van der Waals surface area contributed by atoms with Gasteiger partial charge in [0.1, 0.15) is 11.8 Å². The largest absolute Gasteiger partial charge is 0.482 e. The van der Waals surface area contributed by atoms with Crippen molar-refractivity contribution >= 4 is 23.9 Å². The molecule has 29 heavy (non-hydrogen) atoms. The van der Waals surface area contributed by atoms with Crippen LogP contribution in [-0.2, 0) is 9.53 Å². The van der Waals surface area contributed by atoms with Crippen LogP contribution in [0.5, 0.6) is 5.75 Å². The van der Waals surface area contributed by atoms with Crippen molar-refractivity contribution in [3.63, 3.8) is 0 Å². The van der Waals surface area contributed by atoms with Crippen LogP contribution < -0.4 is 15.9 Å². The Morgan fingerprint density at radius 3 is 2.28 bits per heavy atom. The number of carboxylic acids is 1. The summed E-state index contributed by atoms with van der Waals surface area (Å²) in [4.78, 5) is 35.8. The lowest BCUT2D eigenvalue weighted by molar-refractivity contribution is -0.139. The molecule has 0 aliphatic rings. The number of nitrogens with zero attached hydrogens (tertiary/aromatic N) is 1. The fourth-order valence-corrected chi connectivity index (χ4v) is 2.46. The van der Waals surface area contributed by atoms with E-state index in [1.54, 1.807) is 24.3 Å². The Morgan fingerprint density at radius 1 is 1.10 bits per heavy atom. The van der Waals surface area contributed by atoms with Gasteiger partial charge in [-0.2, -0.15) is 5.10 Å². The molecule has 1 atom stereocenters. The number of aliphatic carboxylic acids is 1. The highest BCUT2D eigenvalue weighted by Gasteiger charge is 2.23. The Labute approximate surface area is 167 Å². The third kappa shape index (κ3) is 6.43. The highest BCUT2D eigenvalue weighted by Crippen LogP contribution is 2.14. The van der Waals surface area contributed by atoms with Crippen LogP contribution in [0.3, 0.4) is 0 Å². The molecule has 0 aliphatic heterocycles. The molecule has 0 aromatic heterocycles. The maximum atomic E-state index is 12.8. The number of carboxylic acid groups (broad SMARTS) is 1. The van der Waals surface area contributed by atoms with E-state index in [9.17, 15) is 14.4 Å². The molecule has 0 spiro atoms. The van der Waals surface area contributed by atoms with E-state index in [0.29, 0.717) is 16.9 Å². The van der Waals surface area contributed by atoms with Crippen LogP contribution in [0.2, 0.25) is 0 Å². The van der Waals surface area contributed by atoms with Gasteiger partial charge in [0, 0.05) is 18.2 Å². The van der Waals surface area contributed by atoms with Gasteiger partial charge in [-0.25, -0.2) is 4.79 Å². The van der Waals surface area contributed by atoms with Crippen LogP contribution >= 0.6 is 0 Å². The van der Waals surface area contributed by atoms with Gasteiger partial charge in [-0.1, -0.05) is 12.1 Å². The number of rotatable bonds is 10. The van der Waals surface area contributed by atoms with E-state index in [1.807, 2.05) is 0 Å². The van der Waals surface area contributed by atoms with Crippen LogP contribution in [-0.4, -0.2) is 55.3 Å². The van der Waals surface area contributed by atoms with Crippen molar-refractivity contribution in [1.29, 1.82) is 0 Å². The molecule has 0 radical (unpaired) electrons. The van der Waals surface area contributed by atoms with E-state index in [4.69, 9.17) is 20.4 Å². The van der Waals surface area contributed by atoms with Gasteiger partial charge in [0.15, 0.2) is 12.4 Å². The van der Waals surface area contributed by atoms with Crippen molar-refractivity contribution in [3.8, 4) is 5.75 Å². The van der Waals surface area contributed by atoms with Crippen LogP contribution in [0.25, 0.3) is 0 Å². The maximum Gasteiger partial charge on any atom is 0.341 e. The van der Waals surface area contributed by atoms with E-state index in [0.717, 1.165) is 5.56 Å². The molecule has 0 unspecified atom stereocenters. The predicted octanol–water partition coefficient (Wildman–Crippen LogP) is 1.07. The smallest absolute Gasteiger partial charge is 0.341 e. The zero-order chi connectivity index (χ0) is 21.2. The first-order chi connectivity index (χ1) is 13.9. The van der Waals surface area contributed by atoms with Crippen molar-refractivity contribution in [2.45, 2.75) is 6.04 Å². The standard InChI is InChI=1S/C20H21N3O6/c1-28-11-17(23-20(27)15-4-2-13(3-5-15)10-22-21)19(26)14-6-8-16(9-7-14)29-12-18(24)25/h2-10,17H,11-12,21H2,1H3,(H,23,27)(H,24,25)/t17-/m0/s1. The topological polar surface area (TPSA) is 140 Å².